The lowest BCUT2D eigenvalue weighted by atomic mass is 10.2. The summed E-state index contributed by atoms with van der Waals surface area (Å²) in [7, 11) is 0. The van der Waals surface area contributed by atoms with Crippen LogP contribution in [0, 0.1) is 11.3 Å². The average Bonchev–Trinajstić information content (AvgIpc) is 2.44. The summed E-state index contributed by atoms with van der Waals surface area (Å²) in [6.45, 7) is 5.19. The third kappa shape index (κ3) is 5.95. The maximum absolute atomic E-state index is 11.8. The summed E-state index contributed by atoms with van der Waals surface area (Å²) in [4.78, 5) is 23.2. The molecule has 0 saturated heterocycles. The molecule has 0 heterocycles. The Balaban J connectivity index is 2.43. The number of benzene rings is 1. The van der Waals surface area contributed by atoms with Gasteiger partial charge in [0.2, 0.25) is 5.91 Å². The van der Waals surface area contributed by atoms with Gasteiger partial charge in [0.05, 0.1) is 18.2 Å². The van der Waals surface area contributed by atoms with Crippen molar-refractivity contribution < 1.29 is 14.3 Å². The van der Waals surface area contributed by atoms with Gasteiger partial charge in [0, 0.05) is 6.04 Å². The van der Waals surface area contributed by atoms with Crippen molar-refractivity contribution in [3.05, 3.63) is 29.8 Å². The molecule has 21 heavy (non-hydrogen) atoms. The van der Waals surface area contributed by atoms with Gasteiger partial charge in [0.15, 0.2) is 6.10 Å². The van der Waals surface area contributed by atoms with E-state index >= 15 is 0 Å². The van der Waals surface area contributed by atoms with Crippen molar-refractivity contribution in [2.75, 3.05) is 6.54 Å². The average molecular weight is 289 g/mol. The van der Waals surface area contributed by atoms with Crippen LogP contribution in [0.15, 0.2) is 24.3 Å². The summed E-state index contributed by atoms with van der Waals surface area (Å²) in [6.07, 6.45) is -0.732. The van der Waals surface area contributed by atoms with E-state index in [9.17, 15) is 9.59 Å². The molecule has 0 fully saturated rings. The van der Waals surface area contributed by atoms with E-state index < -0.39 is 6.10 Å². The van der Waals surface area contributed by atoms with E-state index in [0.29, 0.717) is 11.3 Å². The monoisotopic (exact) mass is 289 g/mol. The number of nitrogens with zero attached hydrogens (tertiary/aromatic N) is 1. The molecule has 0 bridgehead atoms. The van der Waals surface area contributed by atoms with E-state index in [4.69, 9.17) is 10.00 Å². The molecule has 1 rings (SSSR count). The van der Waals surface area contributed by atoms with Crippen LogP contribution in [0.4, 0.5) is 0 Å². The van der Waals surface area contributed by atoms with Crippen LogP contribution < -0.4 is 15.4 Å². The lowest BCUT2D eigenvalue weighted by Gasteiger charge is -2.15. The Morgan fingerprint density at radius 2 is 1.86 bits per heavy atom. The van der Waals surface area contributed by atoms with E-state index in [2.05, 4.69) is 10.6 Å². The van der Waals surface area contributed by atoms with Gasteiger partial charge in [-0.25, -0.2) is 0 Å². The molecule has 1 atom stereocenters. The molecule has 0 aliphatic carbocycles. The van der Waals surface area contributed by atoms with Crippen molar-refractivity contribution in [1.29, 1.82) is 5.26 Å². The lowest BCUT2D eigenvalue weighted by Crippen LogP contribution is -2.43. The van der Waals surface area contributed by atoms with Crippen LogP contribution in [0.1, 0.15) is 26.3 Å². The number of carbonyl (C=O) groups is 2. The zero-order valence-electron chi connectivity index (χ0n) is 12.3. The number of carbonyl (C=O) groups excluding carboxylic acids is 2. The molecular formula is C15H19N3O3. The highest BCUT2D eigenvalue weighted by Gasteiger charge is 2.15. The van der Waals surface area contributed by atoms with Gasteiger partial charge < -0.3 is 15.4 Å². The molecular weight excluding hydrogens is 270 g/mol. The summed E-state index contributed by atoms with van der Waals surface area (Å²) in [5.74, 6) is -0.134. The molecule has 1 aromatic carbocycles. The molecule has 0 spiro atoms. The maximum Gasteiger partial charge on any atom is 0.261 e. The molecule has 0 saturated carbocycles. The Kier molecular flexibility index (Phi) is 6.21. The van der Waals surface area contributed by atoms with Gasteiger partial charge >= 0.3 is 0 Å². The fourth-order valence-corrected chi connectivity index (χ4v) is 1.55. The molecule has 2 amide bonds. The Labute approximate surface area is 124 Å². The van der Waals surface area contributed by atoms with Gasteiger partial charge in [-0.05, 0) is 45.0 Å². The second-order valence-corrected chi connectivity index (χ2v) is 4.84. The highest BCUT2D eigenvalue weighted by atomic mass is 16.5. The Bertz CT molecular complexity index is 532. The van der Waals surface area contributed by atoms with E-state index in [0.717, 1.165) is 0 Å². The van der Waals surface area contributed by atoms with Gasteiger partial charge in [0.1, 0.15) is 5.75 Å². The minimum atomic E-state index is -0.732. The number of nitrogens with one attached hydrogen (secondary N) is 2. The van der Waals surface area contributed by atoms with Gasteiger partial charge in [0.25, 0.3) is 5.91 Å². The number of hydrogen-bond donors (Lipinski definition) is 2. The van der Waals surface area contributed by atoms with Crippen LogP contribution >= 0.6 is 0 Å². The van der Waals surface area contributed by atoms with Gasteiger partial charge in [-0.3, -0.25) is 9.59 Å². The first-order valence-corrected chi connectivity index (χ1v) is 6.66. The number of rotatable bonds is 6. The molecule has 2 N–H and O–H groups in total. The topological polar surface area (TPSA) is 91.2 Å². The fraction of sp³-hybridized carbons (Fsp3) is 0.400. The molecule has 0 aliphatic heterocycles. The summed E-state index contributed by atoms with van der Waals surface area (Å²) in [5, 5.41) is 13.9. The molecule has 112 valence electrons. The van der Waals surface area contributed by atoms with Crippen LogP contribution in [0.2, 0.25) is 0 Å². The van der Waals surface area contributed by atoms with Gasteiger partial charge in [-0.2, -0.15) is 5.26 Å². The molecule has 0 aliphatic rings. The number of amides is 2. The Morgan fingerprint density at radius 3 is 2.38 bits per heavy atom. The SMILES string of the molecule is CC(C)NC(=O)CNC(=O)C(C)Oc1ccc(C#N)cc1. The molecule has 0 aromatic heterocycles. The summed E-state index contributed by atoms with van der Waals surface area (Å²) in [5.41, 5.74) is 0.518. The predicted molar refractivity (Wildman–Crippen MR) is 77.5 cm³/mol. The molecule has 6 nitrogen and oxygen atoms in total. The van der Waals surface area contributed by atoms with Gasteiger partial charge in [-0.15, -0.1) is 0 Å². The van der Waals surface area contributed by atoms with Crippen LogP contribution in [0.3, 0.4) is 0 Å². The van der Waals surface area contributed by atoms with Crippen LogP contribution in [-0.2, 0) is 9.59 Å². The van der Waals surface area contributed by atoms with E-state index in [-0.39, 0.29) is 24.4 Å². The van der Waals surface area contributed by atoms with Crippen LogP contribution in [-0.4, -0.2) is 30.5 Å². The summed E-state index contributed by atoms with van der Waals surface area (Å²) < 4.78 is 5.44. The van der Waals surface area contributed by atoms with E-state index in [1.807, 2.05) is 19.9 Å². The van der Waals surface area contributed by atoms with E-state index in [1.165, 1.54) is 0 Å². The fourth-order valence-electron chi connectivity index (χ4n) is 1.55. The smallest absolute Gasteiger partial charge is 0.261 e. The van der Waals surface area contributed by atoms with Crippen molar-refractivity contribution in [2.45, 2.75) is 32.9 Å². The largest absolute Gasteiger partial charge is 0.481 e. The number of hydrogen-bond acceptors (Lipinski definition) is 4. The zero-order valence-corrected chi connectivity index (χ0v) is 12.3. The second kappa shape index (κ2) is 7.90. The third-order valence-electron chi connectivity index (χ3n) is 2.54. The predicted octanol–water partition coefficient (Wildman–Crippen LogP) is 0.966. The minimum Gasteiger partial charge on any atom is -0.481 e. The van der Waals surface area contributed by atoms with Crippen LogP contribution in [0.25, 0.3) is 0 Å². The normalized spacial score (nSPS) is 11.4. The molecule has 1 aromatic rings. The highest BCUT2D eigenvalue weighted by Crippen LogP contribution is 2.13. The van der Waals surface area contributed by atoms with Gasteiger partial charge in [-0.1, -0.05) is 0 Å². The van der Waals surface area contributed by atoms with E-state index in [1.54, 1.807) is 31.2 Å². The first-order chi connectivity index (χ1) is 9.92. The highest BCUT2D eigenvalue weighted by molar-refractivity contribution is 5.86. The van der Waals surface area contributed by atoms with Crippen molar-refractivity contribution in [3.8, 4) is 11.8 Å². The summed E-state index contributed by atoms with van der Waals surface area (Å²) in [6, 6.07) is 8.48. The molecule has 1 unspecified atom stereocenters. The Morgan fingerprint density at radius 1 is 1.24 bits per heavy atom. The van der Waals surface area contributed by atoms with Crippen molar-refractivity contribution in [3.63, 3.8) is 0 Å². The van der Waals surface area contributed by atoms with Crippen LogP contribution in [0.5, 0.6) is 5.75 Å². The third-order valence-corrected chi connectivity index (χ3v) is 2.54. The minimum absolute atomic E-state index is 0.0294. The number of nitriles is 1. The second-order valence-electron chi connectivity index (χ2n) is 4.84. The number of ether oxygens (including phenoxy) is 1. The lowest BCUT2D eigenvalue weighted by molar-refractivity contribution is -0.130. The Hall–Kier alpha value is -2.55. The zero-order chi connectivity index (χ0) is 15.8. The quantitative estimate of drug-likeness (QED) is 0.816. The van der Waals surface area contributed by atoms with Crippen molar-refractivity contribution >= 4 is 11.8 Å². The standard InChI is InChI=1S/C15H19N3O3/c1-10(2)18-14(19)9-17-15(20)11(3)21-13-6-4-12(8-16)5-7-13/h4-7,10-11H,9H2,1-3H3,(H,17,20)(H,18,19). The summed E-state index contributed by atoms with van der Waals surface area (Å²) >= 11 is 0. The first kappa shape index (κ1) is 16.5. The molecule has 0 radical (unpaired) electrons. The maximum atomic E-state index is 11.8. The first-order valence-electron chi connectivity index (χ1n) is 6.66. The van der Waals surface area contributed by atoms with Crippen molar-refractivity contribution in [2.24, 2.45) is 0 Å². The van der Waals surface area contributed by atoms with Crippen molar-refractivity contribution in [1.82, 2.24) is 10.6 Å². The molecule has 6 heteroatoms.